The molecule has 0 fully saturated rings. The van der Waals surface area contributed by atoms with Crippen LogP contribution in [-0.2, 0) is 0 Å². The summed E-state index contributed by atoms with van der Waals surface area (Å²) in [6, 6.07) is 5.71. The van der Waals surface area contributed by atoms with Gasteiger partial charge in [-0.05, 0) is 30.7 Å². The zero-order valence-corrected chi connectivity index (χ0v) is 14.0. The van der Waals surface area contributed by atoms with E-state index in [9.17, 15) is 4.79 Å². The number of imidazole rings is 1. The zero-order valence-electron chi connectivity index (χ0n) is 14.0. The van der Waals surface area contributed by atoms with Gasteiger partial charge in [0.25, 0.3) is 0 Å². The maximum absolute atomic E-state index is 11.9. The normalized spacial score (nSPS) is 11.3. The van der Waals surface area contributed by atoms with E-state index in [1.807, 2.05) is 42.6 Å². The molecule has 4 heterocycles. The predicted molar refractivity (Wildman–Crippen MR) is 97.5 cm³/mol. The first kappa shape index (κ1) is 15.3. The number of carbonyl (C=O) groups excluding carboxylic acids is 1. The molecule has 0 aliphatic heterocycles. The highest BCUT2D eigenvalue weighted by atomic mass is 16.1. The Morgan fingerprint density at radius 2 is 2.00 bits per heavy atom. The highest BCUT2D eigenvalue weighted by molar-refractivity contribution is 5.98. The Balaban J connectivity index is 1.99. The van der Waals surface area contributed by atoms with E-state index in [-0.39, 0.29) is 5.78 Å². The summed E-state index contributed by atoms with van der Waals surface area (Å²) in [5, 5.41) is 1.90. The number of hydrogen-bond acceptors (Lipinski definition) is 5. The number of nitrogens with two attached hydrogens (primary N) is 1. The molecule has 0 saturated heterocycles. The number of Topliss-reactive ketones (excluding diaryl/α,β-unsaturated/α-hetero) is 1. The van der Waals surface area contributed by atoms with Crippen molar-refractivity contribution in [3.05, 3.63) is 54.2 Å². The van der Waals surface area contributed by atoms with Gasteiger partial charge in [-0.15, -0.1) is 0 Å². The highest BCUT2D eigenvalue weighted by Gasteiger charge is 2.14. The molecule has 0 amide bonds. The Morgan fingerprint density at radius 1 is 1.16 bits per heavy atom. The first-order chi connectivity index (χ1) is 12.1. The molecule has 6 heteroatoms. The number of hydrogen-bond donors (Lipinski definition) is 1. The molecule has 2 N–H and O–H groups in total. The second kappa shape index (κ2) is 5.66. The van der Waals surface area contributed by atoms with E-state index in [0.717, 1.165) is 33.2 Å². The highest BCUT2D eigenvalue weighted by Crippen LogP contribution is 2.30. The number of ketones is 1. The van der Waals surface area contributed by atoms with Crippen molar-refractivity contribution >= 4 is 28.0 Å². The first-order valence-electron chi connectivity index (χ1n) is 8.10. The van der Waals surface area contributed by atoms with Crippen LogP contribution in [0.25, 0.3) is 27.7 Å². The van der Waals surface area contributed by atoms with Gasteiger partial charge in [0.1, 0.15) is 17.2 Å². The molecular weight excluding hydrogens is 314 g/mol. The number of pyridine rings is 3. The maximum Gasteiger partial charge on any atom is 0.180 e. The van der Waals surface area contributed by atoms with E-state index < -0.39 is 0 Å². The van der Waals surface area contributed by atoms with Crippen LogP contribution in [0.3, 0.4) is 0 Å². The molecule has 0 aromatic carbocycles. The van der Waals surface area contributed by atoms with Gasteiger partial charge in [0.15, 0.2) is 5.78 Å². The lowest BCUT2D eigenvalue weighted by Gasteiger charge is -2.12. The quantitative estimate of drug-likeness (QED) is 0.581. The summed E-state index contributed by atoms with van der Waals surface area (Å²) in [5.74, 6) is 0.506. The fourth-order valence-corrected chi connectivity index (χ4v) is 3.07. The molecule has 0 spiro atoms. The average molecular weight is 331 g/mol. The standard InChI is InChI=1S/C19H17N5O/c1-3-17(25)15-6-11(2)14(10-22-15)16-7-12-9-23-18(20)8-13(12)19-21-4-5-24(16)19/h4-10H,3H2,1-2H3,(H2,20,23). The molecule has 25 heavy (non-hydrogen) atoms. The Hall–Kier alpha value is -3.28. The van der Waals surface area contributed by atoms with Gasteiger partial charge in [-0.3, -0.25) is 14.2 Å². The SMILES string of the molecule is CCC(=O)c1cc(C)c(-c2cc3cnc(N)cc3c3nccn23)cn1. The molecule has 0 bridgehead atoms. The third-order valence-corrected chi connectivity index (χ3v) is 4.38. The summed E-state index contributed by atoms with van der Waals surface area (Å²) in [6.45, 7) is 3.82. The van der Waals surface area contributed by atoms with Gasteiger partial charge < -0.3 is 5.73 Å². The van der Waals surface area contributed by atoms with E-state index in [4.69, 9.17) is 5.73 Å². The van der Waals surface area contributed by atoms with Crippen molar-refractivity contribution < 1.29 is 4.79 Å². The van der Waals surface area contributed by atoms with Crippen LogP contribution < -0.4 is 5.73 Å². The molecule has 0 aliphatic carbocycles. The van der Waals surface area contributed by atoms with E-state index >= 15 is 0 Å². The Morgan fingerprint density at radius 3 is 2.76 bits per heavy atom. The number of anilines is 1. The minimum absolute atomic E-state index is 0.0422. The number of rotatable bonds is 3. The number of carbonyl (C=O) groups is 1. The van der Waals surface area contributed by atoms with Crippen molar-refractivity contribution in [2.24, 2.45) is 0 Å². The second-order valence-electron chi connectivity index (χ2n) is 6.01. The molecule has 6 nitrogen and oxygen atoms in total. The van der Waals surface area contributed by atoms with Crippen molar-refractivity contribution in [1.29, 1.82) is 0 Å². The van der Waals surface area contributed by atoms with Crippen LogP contribution in [0.15, 0.2) is 43.0 Å². The van der Waals surface area contributed by atoms with Crippen molar-refractivity contribution in [1.82, 2.24) is 19.4 Å². The van der Waals surface area contributed by atoms with Crippen LogP contribution in [0.4, 0.5) is 5.82 Å². The lowest BCUT2D eigenvalue weighted by atomic mass is 10.0. The Labute approximate surface area is 144 Å². The van der Waals surface area contributed by atoms with Crippen molar-refractivity contribution in [2.45, 2.75) is 20.3 Å². The van der Waals surface area contributed by atoms with Crippen LogP contribution in [-0.4, -0.2) is 25.1 Å². The predicted octanol–water partition coefficient (Wildman–Crippen LogP) is 3.43. The van der Waals surface area contributed by atoms with Gasteiger partial charge >= 0.3 is 0 Å². The number of aryl methyl sites for hydroxylation is 1. The van der Waals surface area contributed by atoms with Crippen LogP contribution in [0.5, 0.6) is 0 Å². The minimum Gasteiger partial charge on any atom is -0.384 e. The lowest BCUT2D eigenvalue weighted by Crippen LogP contribution is -2.03. The van der Waals surface area contributed by atoms with Gasteiger partial charge in [0.05, 0.1) is 5.69 Å². The largest absolute Gasteiger partial charge is 0.384 e. The maximum atomic E-state index is 11.9. The molecule has 0 saturated carbocycles. The van der Waals surface area contributed by atoms with Gasteiger partial charge in [-0.2, -0.15) is 0 Å². The van der Waals surface area contributed by atoms with Crippen LogP contribution >= 0.6 is 0 Å². The smallest absolute Gasteiger partial charge is 0.180 e. The number of nitrogen functional groups attached to an aromatic ring is 1. The summed E-state index contributed by atoms with van der Waals surface area (Å²) in [7, 11) is 0. The van der Waals surface area contributed by atoms with E-state index in [1.54, 1.807) is 18.6 Å². The number of nitrogens with zero attached hydrogens (tertiary/aromatic N) is 4. The molecular formula is C19H17N5O. The fraction of sp³-hybridized carbons (Fsp3) is 0.158. The zero-order chi connectivity index (χ0) is 17.6. The summed E-state index contributed by atoms with van der Waals surface area (Å²) in [6.07, 6.45) is 7.61. The van der Waals surface area contributed by atoms with Gasteiger partial charge in [0.2, 0.25) is 0 Å². The fourth-order valence-electron chi connectivity index (χ4n) is 3.07. The lowest BCUT2D eigenvalue weighted by molar-refractivity contribution is 0.0983. The first-order valence-corrected chi connectivity index (χ1v) is 8.10. The molecule has 0 unspecified atom stereocenters. The summed E-state index contributed by atoms with van der Waals surface area (Å²) >= 11 is 0. The van der Waals surface area contributed by atoms with Crippen LogP contribution in [0.2, 0.25) is 0 Å². The van der Waals surface area contributed by atoms with Crippen LogP contribution in [0, 0.1) is 6.92 Å². The summed E-state index contributed by atoms with van der Waals surface area (Å²) < 4.78 is 2.01. The molecule has 124 valence electrons. The van der Waals surface area contributed by atoms with E-state index in [0.29, 0.717) is 17.9 Å². The molecule has 0 aliphatic rings. The third-order valence-electron chi connectivity index (χ3n) is 4.38. The third kappa shape index (κ3) is 2.42. The van der Waals surface area contributed by atoms with Crippen molar-refractivity contribution in [3.63, 3.8) is 0 Å². The Bertz CT molecular complexity index is 1130. The van der Waals surface area contributed by atoms with Crippen LogP contribution in [0.1, 0.15) is 29.4 Å². The topological polar surface area (TPSA) is 86.2 Å². The second-order valence-corrected chi connectivity index (χ2v) is 6.01. The van der Waals surface area contributed by atoms with Gasteiger partial charge in [-0.25, -0.2) is 9.97 Å². The number of aromatic nitrogens is 4. The molecule has 0 radical (unpaired) electrons. The molecule has 0 atom stereocenters. The number of fused-ring (bicyclic) bond motifs is 3. The van der Waals surface area contributed by atoms with Crippen molar-refractivity contribution in [2.75, 3.05) is 5.73 Å². The minimum atomic E-state index is 0.0422. The summed E-state index contributed by atoms with van der Waals surface area (Å²) in [4.78, 5) is 24.9. The van der Waals surface area contributed by atoms with Gasteiger partial charge in [0, 0.05) is 47.5 Å². The average Bonchev–Trinajstić information content (AvgIpc) is 3.11. The Kier molecular flexibility index (Phi) is 3.46. The molecule has 4 aromatic rings. The molecule has 4 aromatic heterocycles. The van der Waals surface area contributed by atoms with Crippen molar-refractivity contribution in [3.8, 4) is 11.3 Å². The summed E-state index contributed by atoms with van der Waals surface area (Å²) in [5.41, 5.74) is 10.0. The monoisotopic (exact) mass is 331 g/mol. The van der Waals surface area contributed by atoms with Gasteiger partial charge in [-0.1, -0.05) is 6.92 Å². The van der Waals surface area contributed by atoms with E-state index in [2.05, 4.69) is 15.0 Å². The van der Waals surface area contributed by atoms with E-state index in [1.165, 1.54) is 0 Å². The molecule has 4 rings (SSSR count).